The van der Waals surface area contributed by atoms with Gasteiger partial charge in [0.25, 0.3) is 0 Å². The molecule has 0 unspecified atom stereocenters. The Morgan fingerprint density at radius 2 is 2.13 bits per heavy atom. The second kappa shape index (κ2) is 5.13. The van der Waals surface area contributed by atoms with E-state index in [2.05, 4.69) is 31.2 Å². The predicted molar refractivity (Wildman–Crippen MR) is 61.6 cm³/mol. The minimum atomic E-state index is 0.0557. The number of hydrogen-bond donors (Lipinski definition) is 1. The van der Waals surface area contributed by atoms with Crippen LogP contribution >= 0.6 is 0 Å². The quantitative estimate of drug-likeness (QED) is 0.830. The third kappa shape index (κ3) is 2.82. The van der Waals surface area contributed by atoms with Crippen LogP contribution in [0.2, 0.25) is 4.82 Å². The number of aliphatic hydroxyl groups excluding tert-OH is 1. The number of hydrogen-bond acceptors (Lipinski definition) is 2. The van der Waals surface area contributed by atoms with Crippen molar-refractivity contribution in [2.45, 2.75) is 30.4 Å². The zero-order valence-electron chi connectivity index (χ0n) is 8.80. The summed E-state index contributed by atoms with van der Waals surface area (Å²) in [7, 11) is 0. The second-order valence-electron chi connectivity index (χ2n) is 3.87. The fraction of sp³-hybridized carbons (Fsp3) is 0.500. The van der Waals surface area contributed by atoms with Crippen molar-refractivity contribution < 1.29 is 9.84 Å². The molecule has 82 valence electrons. The van der Waals surface area contributed by atoms with Crippen LogP contribution in [0.5, 0.6) is 0 Å². The van der Waals surface area contributed by atoms with Crippen LogP contribution in [0.3, 0.4) is 0 Å². The van der Waals surface area contributed by atoms with Crippen LogP contribution < -0.4 is 4.46 Å². The van der Waals surface area contributed by atoms with E-state index in [1.165, 1.54) is 4.46 Å². The molecule has 1 saturated heterocycles. The number of benzene rings is 1. The van der Waals surface area contributed by atoms with Gasteiger partial charge in [-0.3, -0.25) is 0 Å². The van der Waals surface area contributed by atoms with Crippen LogP contribution in [0.4, 0.5) is 0 Å². The molecule has 1 aliphatic heterocycles. The van der Waals surface area contributed by atoms with Gasteiger partial charge in [-0.25, -0.2) is 0 Å². The zero-order chi connectivity index (χ0) is 10.7. The summed E-state index contributed by atoms with van der Waals surface area (Å²) in [4.78, 5) is 0.528. The van der Waals surface area contributed by atoms with Crippen molar-refractivity contribution in [3.63, 3.8) is 0 Å². The fourth-order valence-electron chi connectivity index (χ4n) is 1.88. The summed E-state index contributed by atoms with van der Waals surface area (Å²) in [6, 6.07) is 10.5. The predicted octanol–water partition coefficient (Wildman–Crippen LogP) is 0.974. The van der Waals surface area contributed by atoms with Gasteiger partial charge < -0.3 is 0 Å². The summed E-state index contributed by atoms with van der Waals surface area (Å²) in [5.41, 5.74) is 0. The molecule has 3 atom stereocenters. The van der Waals surface area contributed by atoms with Crippen molar-refractivity contribution in [3.8, 4) is 0 Å². The molecule has 0 aliphatic carbocycles. The van der Waals surface area contributed by atoms with E-state index in [-0.39, 0.29) is 12.7 Å². The molecule has 0 aromatic heterocycles. The minimum absolute atomic E-state index is 0.0557. The zero-order valence-corrected chi connectivity index (χ0v) is 10.5. The van der Waals surface area contributed by atoms with Crippen LogP contribution in [0.1, 0.15) is 13.3 Å². The SMILES string of the molecule is C[C@H]1C[C@@H]([Se]c2ccccc2)[C@@H](CO)O1. The van der Waals surface area contributed by atoms with Gasteiger partial charge in [0, 0.05) is 0 Å². The fourth-order valence-corrected chi connectivity index (χ4v) is 4.68. The maximum absolute atomic E-state index is 9.22. The summed E-state index contributed by atoms with van der Waals surface area (Å²) < 4.78 is 7.06. The van der Waals surface area contributed by atoms with Crippen molar-refractivity contribution in [1.29, 1.82) is 0 Å². The molecule has 2 rings (SSSR count). The Kier molecular flexibility index (Phi) is 3.81. The van der Waals surface area contributed by atoms with Crippen molar-refractivity contribution in [2.24, 2.45) is 0 Å². The molecule has 0 saturated carbocycles. The molecule has 2 nitrogen and oxygen atoms in total. The molecule has 15 heavy (non-hydrogen) atoms. The summed E-state index contributed by atoms with van der Waals surface area (Å²) in [6.45, 7) is 2.24. The molecule has 1 heterocycles. The average Bonchev–Trinajstić information content (AvgIpc) is 2.60. The van der Waals surface area contributed by atoms with Gasteiger partial charge in [0.2, 0.25) is 0 Å². The molecule has 0 radical (unpaired) electrons. The van der Waals surface area contributed by atoms with Crippen LogP contribution in [0.15, 0.2) is 30.3 Å². The molecule has 1 aliphatic rings. The standard InChI is InChI=1S/C12H16O2Se/c1-9-7-12(11(8-13)14-9)15-10-5-3-2-4-6-10/h2-6,9,11-13H,7-8H2,1H3/t9-,11+,12+/m0/s1. The van der Waals surface area contributed by atoms with Crippen molar-refractivity contribution in [2.75, 3.05) is 6.61 Å². The number of aliphatic hydroxyl groups is 1. The van der Waals surface area contributed by atoms with Crippen molar-refractivity contribution >= 4 is 19.4 Å². The van der Waals surface area contributed by atoms with E-state index in [4.69, 9.17) is 4.74 Å². The van der Waals surface area contributed by atoms with Gasteiger partial charge in [0.15, 0.2) is 0 Å². The molecule has 0 spiro atoms. The third-order valence-corrected chi connectivity index (χ3v) is 5.41. The third-order valence-electron chi connectivity index (χ3n) is 2.60. The van der Waals surface area contributed by atoms with Gasteiger partial charge in [0.05, 0.1) is 0 Å². The molecule has 3 heteroatoms. The van der Waals surface area contributed by atoms with E-state index < -0.39 is 0 Å². The van der Waals surface area contributed by atoms with Crippen LogP contribution in [0.25, 0.3) is 0 Å². The number of ether oxygens (including phenoxy) is 1. The normalized spacial score (nSPS) is 30.7. The molecule has 1 fully saturated rings. The Labute approximate surface area is 96.8 Å². The van der Waals surface area contributed by atoms with E-state index in [1.54, 1.807) is 0 Å². The van der Waals surface area contributed by atoms with Crippen LogP contribution in [-0.4, -0.2) is 38.9 Å². The van der Waals surface area contributed by atoms with Crippen LogP contribution in [-0.2, 0) is 4.74 Å². The summed E-state index contributed by atoms with van der Waals surface area (Å²) in [5.74, 6) is 0. The number of rotatable bonds is 3. The van der Waals surface area contributed by atoms with Gasteiger partial charge in [-0.1, -0.05) is 0 Å². The molecule has 0 bridgehead atoms. The molecule has 1 aromatic rings. The Balaban J connectivity index is 2.00. The van der Waals surface area contributed by atoms with Gasteiger partial charge >= 0.3 is 96.6 Å². The molecular weight excluding hydrogens is 255 g/mol. The van der Waals surface area contributed by atoms with Crippen molar-refractivity contribution in [1.82, 2.24) is 0 Å². The monoisotopic (exact) mass is 272 g/mol. The van der Waals surface area contributed by atoms with E-state index in [0.717, 1.165) is 6.42 Å². The maximum atomic E-state index is 9.22. The summed E-state index contributed by atoms with van der Waals surface area (Å²) in [6.07, 6.45) is 1.44. The van der Waals surface area contributed by atoms with Gasteiger partial charge in [0.1, 0.15) is 0 Å². The molecule has 0 amide bonds. The second-order valence-corrected chi connectivity index (χ2v) is 6.63. The van der Waals surface area contributed by atoms with Crippen LogP contribution in [0, 0.1) is 0 Å². The van der Waals surface area contributed by atoms with Gasteiger partial charge in [-0.2, -0.15) is 0 Å². The van der Waals surface area contributed by atoms with Crippen molar-refractivity contribution in [3.05, 3.63) is 30.3 Å². The van der Waals surface area contributed by atoms with Gasteiger partial charge in [-0.05, 0) is 0 Å². The van der Waals surface area contributed by atoms with E-state index in [0.29, 0.717) is 25.9 Å². The first-order valence-electron chi connectivity index (χ1n) is 5.27. The average molecular weight is 271 g/mol. The van der Waals surface area contributed by atoms with E-state index >= 15 is 0 Å². The first kappa shape index (κ1) is 11.2. The molecule has 1 N–H and O–H groups in total. The Hall–Kier alpha value is -0.341. The van der Waals surface area contributed by atoms with E-state index in [1.807, 2.05) is 6.07 Å². The topological polar surface area (TPSA) is 29.5 Å². The first-order chi connectivity index (χ1) is 7.29. The summed E-state index contributed by atoms with van der Waals surface area (Å²) in [5, 5.41) is 9.22. The Morgan fingerprint density at radius 3 is 2.80 bits per heavy atom. The first-order valence-corrected chi connectivity index (χ1v) is 7.12. The molecular formula is C12H16O2Se. The van der Waals surface area contributed by atoms with Gasteiger partial charge in [-0.15, -0.1) is 0 Å². The Morgan fingerprint density at radius 1 is 1.40 bits per heavy atom. The van der Waals surface area contributed by atoms with E-state index in [9.17, 15) is 5.11 Å². The summed E-state index contributed by atoms with van der Waals surface area (Å²) >= 11 is 0.416. The Bertz CT molecular complexity index is 302. The molecule has 1 aromatic carbocycles.